The van der Waals surface area contributed by atoms with Crippen molar-refractivity contribution in [3.05, 3.63) is 35.2 Å². The Labute approximate surface area is 156 Å². The molecular formula is C18H21ClN4O3. The zero-order valence-corrected chi connectivity index (χ0v) is 15.2. The lowest BCUT2D eigenvalue weighted by molar-refractivity contribution is -0.120. The van der Waals surface area contributed by atoms with Gasteiger partial charge in [0.25, 0.3) is 0 Å². The van der Waals surface area contributed by atoms with E-state index in [0.29, 0.717) is 42.9 Å². The first-order valence-corrected chi connectivity index (χ1v) is 9.22. The summed E-state index contributed by atoms with van der Waals surface area (Å²) in [4.78, 5) is 18.3. The van der Waals surface area contributed by atoms with Crippen molar-refractivity contribution in [3.8, 4) is 11.4 Å². The monoisotopic (exact) mass is 376 g/mol. The fraction of sp³-hybridized carbons (Fsp3) is 0.500. The number of hydrogen-bond donors (Lipinski definition) is 1. The van der Waals surface area contributed by atoms with E-state index >= 15 is 0 Å². The molecule has 7 nitrogen and oxygen atoms in total. The molecule has 2 aliphatic rings. The van der Waals surface area contributed by atoms with Crippen molar-refractivity contribution in [2.24, 2.45) is 0 Å². The minimum Gasteiger partial charge on any atom is -0.373 e. The second-order valence-electron chi connectivity index (χ2n) is 6.83. The smallest absolute Gasteiger partial charge is 0.241 e. The van der Waals surface area contributed by atoms with Gasteiger partial charge < -0.3 is 14.6 Å². The van der Waals surface area contributed by atoms with Crippen molar-refractivity contribution in [1.29, 1.82) is 0 Å². The van der Waals surface area contributed by atoms with Gasteiger partial charge in [-0.15, -0.1) is 0 Å². The van der Waals surface area contributed by atoms with Gasteiger partial charge in [0.15, 0.2) is 0 Å². The van der Waals surface area contributed by atoms with Gasteiger partial charge in [0.2, 0.25) is 17.6 Å². The van der Waals surface area contributed by atoms with Crippen LogP contribution in [0.1, 0.15) is 25.2 Å². The standard InChI is InChI=1S/C18H21ClN4O3/c19-14-4-2-1-3-13(14)17-21-16(26-22-17)11-23-8-6-18(7-9-23)12-20-15(24)5-10-25-18/h1-4H,5-12H2,(H,20,24). The maximum atomic E-state index is 11.5. The minimum atomic E-state index is -0.236. The first-order valence-electron chi connectivity index (χ1n) is 8.84. The third-order valence-electron chi connectivity index (χ3n) is 5.05. The van der Waals surface area contributed by atoms with Crippen LogP contribution in [0.25, 0.3) is 11.4 Å². The van der Waals surface area contributed by atoms with Crippen molar-refractivity contribution in [1.82, 2.24) is 20.4 Å². The van der Waals surface area contributed by atoms with Crippen LogP contribution in [-0.2, 0) is 16.1 Å². The summed E-state index contributed by atoms with van der Waals surface area (Å²) in [6.07, 6.45) is 2.19. The zero-order chi connectivity index (χ0) is 18.0. The molecule has 2 saturated heterocycles. The van der Waals surface area contributed by atoms with Crippen LogP contribution in [0.3, 0.4) is 0 Å². The quantitative estimate of drug-likeness (QED) is 0.885. The number of piperidine rings is 1. The maximum absolute atomic E-state index is 11.5. The Morgan fingerprint density at radius 3 is 2.88 bits per heavy atom. The predicted molar refractivity (Wildman–Crippen MR) is 95.6 cm³/mol. The molecule has 1 N–H and O–H groups in total. The van der Waals surface area contributed by atoms with Crippen LogP contribution in [0.5, 0.6) is 0 Å². The van der Waals surface area contributed by atoms with Crippen LogP contribution in [0, 0.1) is 0 Å². The van der Waals surface area contributed by atoms with Crippen LogP contribution in [-0.4, -0.2) is 52.8 Å². The number of amides is 1. The largest absolute Gasteiger partial charge is 0.373 e. The molecule has 2 aliphatic heterocycles. The summed E-state index contributed by atoms with van der Waals surface area (Å²) in [5.74, 6) is 1.15. The number of rotatable bonds is 3. The van der Waals surface area contributed by atoms with E-state index in [-0.39, 0.29) is 11.5 Å². The van der Waals surface area contributed by atoms with Crippen molar-refractivity contribution in [2.75, 3.05) is 26.2 Å². The lowest BCUT2D eigenvalue weighted by Crippen LogP contribution is -2.50. The van der Waals surface area contributed by atoms with Gasteiger partial charge in [-0.25, -0.2) is 0 Å². The molecular weight excluding hydrogens is 356 g/mol. The summed E-state index contributed by atoms with van der Waals surface area (Å²) >= 11 is 6.19. The van der Waals surface area contributed by atoms with Crippen molar-refractivity contribution in [3.63, 3.8) is 0 Å². The molecule has 8 heteroatoms. The Hall–Kier alpha value is -1.96. The zero-order valence-electron chi connectivity index (χ0n) is 14.4. The number of hydrogen-bond acceptors (Lipinski definition) is 6. The number of likely N-dealkylation sites (tertiary alicyclic amines) is 1. The van der Waals surface area contributed by atoms with Gasteiger partial charge >= 0.3 is 0 Å². The number of nitrogens with one attached hydrogen (secondary N) is 1. The molecule has 0 unspecified atom stereocenters. The van der Waals surface area contributed by atoms with Crippen molar-refractivity contribution < 1.29 is 14.1 Å². The molecule has 0 aliphatic carbocycles. The fourth-order valence-corrected chi connectivity index (χ4v) is 3.68. The topological polar surface area (TPSA) is 80.5 Å². The minimum absolute atomic E-state index is 0.0715. The lowest BCUT2D eigenvalue weighted by Gasteiger charge is -2.40. The fourth-order valence-electron chi connectivity index (χ4n) is 3.46. The van der Waals surface area contributed by atoms with E-state index in [1.807, 2.05) is 24.3 Å². The number of nitrogens with zero attached hydrogens (tertiary/aromatic N) is 3. The van der Waals surface area contributed by atoms with Gasteiger partial charge in [0.1, 0.15) is 0 Å². The van der Waals surface area contributed by atoms with E-state index in [0.717, 1.165) is 31.5 Å². The Morgan fingerprint density at radius 1 is 1.27 bits per heavy atom. The second-order valence-corrected chi connectivity index (χ2v) is 7.23. The first-order chi connectivity index (χ1) is 12.6. The van der Waals surface area contributed by atoms with Crippen LogP contribution >= 0.6 is 11.6 Å². The van der Waals surface area contributed by atoms with Crippen LogP contribution in [0.2, 0.25) is 5.02 Å². The van der Waals surface area contributed by atoms with Crippen LogP contribution in [0.4, 0.5) is 0 Å². The number of carbonyl (C=O) groups is 1. The highest BCUT2D eigenvalue weighted by molar-refractivity contribution is 6.33. The molecule has 138 valence electrons. The summed E-state index contributed by atoms with van der Waals surface area (Å²) in [6, 6.07) is 7.45. The summed E-state index contributed by atoms with van der Waals surface area (Å²) in [6.45, 7) is 3.41. The van der Waals surface area contributed by atoms with E-state index in [1.165, 1.54) is 0 Å². The molecule has 0 saturated carbocycles. The maximum Gasteiger partial charge on any atom is 0.241 e. The molecule has 2 fully saturated rings. The second kappa shape index (κ2) is 7.34. The summed E-state index contributed by atoms with van der Waals surface area (Å²) in [5, 5.41) is 7.61. The molecule has 26 heavy (non-hydrogen) atoms. The van der Waals surface area contributed by atoms with Gasteiger partial charge in [0.05, 0.1) is 23.8 Å². The van der Waals surface area contributed by atoms with Gasteiger partial charge in [0, 0.05) is 31.6 Å². The molecule has 1 amide bonds. The third-order valence-corrected chi connectivity index (χ3v) is 5.38. The molecule has 3 heterocycles. The summed E-state index contributed by atoms with van der Waals surface area (Å²) in [7, 11) is 0. The highest BCUT2D eigenvalue weighted by atomic mass is 35.5. The molecule has 1 spiro atoms. The average molecular weight is 377 g/mol. The van der Waals surface area contributed by atoms with Crippen LogP contribution < -0.4 is 5.32 Å². The molecule has 1 aromatic carbocycles. The number of halogens is 1. The van der Waals surface area contributed by atoms with Gasteiger partial charge in [-0.3, -0.25) is 9.69 Å². The molecule has 0 atom stereocenters. The van der Waals surface area contributed by atoms with E-state index in [1.54, 1.807) is 0 Å². The molecule has 0 bridgehead atoms. The van der Waals surface area contributed by atoms with E-state index in [9.17, 15) is 4.79 Å². The van der Waals surface area contributed by atoms with E-state index in [4.69, 9.17) is 20.9 Å². The molecule has 1 aromatic heterocycles. The normalized spacial score (nSPS) is 20.7. The SMILES string of the molecule is O=C1CCOC2(CCN(Cc3nc(-c4ccccc4Cl)no3)CC2)CN1. The number of aromatic nitrogens is 2. The Kier molecular flexibility index (Phi) is 4.93. The van der Waals surface area contributed by atoms with E-state index < -0.39 is 0 Å². The highest BCUT2D eigenvalue weighted by Crippen LogP contribution is 2.29. The predicted octanol–water partition coefficient (Wildman–Crippen LogP) is 2.26. The third kappa shape index (κ3) is 3.75. The summed E-state index contributed by atoms with van der Waals surface area (Å²) in [5.41, 5.74) is 0.532. The lowest BCUT2D eigenvalue weighted by atomic mass is 9.91. The number of ether oxygens (including phenoxy) is 1. The summed E-state index contributed by atoms with van der Waals surface area (Å²) < 4.78 is 11.4. The van der Waals surface area contributed by atoms with Gasteiger partial charge in [-0.1, -0.05) is 28.9 Å². The van der Waals surface area contributed by atoms with Crippen molar-refractivity contribution in [2.45, 2.75) is 31.4 Å². The Bertz CT molecular complexity index is 786. The molecule has 4 rings (SSSR count). The molecule has 2 aromatic rings. The van der Waals surface area contributed by atoms with Gasteiger partial charge in [-0.2, -0.15) is 4.98 Å². The first kappa shape index (κ1) is 17.5. The Morgan fingerprint density at radius 2 is 2.08 bits per heavy atom. The molecule has 0 radical (unpaired) electrons. The van der Waals surface area contributed by atoms with E-state index in [2.05, 4.69) is 20.4 Å². The van der Waals surface area contributed by atoms with Crippen molar-refractivity contribution >= 4 is 17.5 Å². The van der Waals surface area contributed by atoms with Crippen LogP contribution in [0.15, 0.2) is 28.8 Å². The average Bonchev–Trinajstić information content (AvgIpc) is 3.03. The highest BCUT2D eigenvalue weighted by Gasteiger charge is 2.37. The number of carbonyl (C=O) groups excluding carboxylic acids is 1. The van der Waals surface area contributed by atoms with Gasteiger partial charge in [-0.05, 0) is 25.0 Å². The number of benzene rings is 1. The Balaban J connectivity index is 1.36.